The molecule has 0 radical (unpaired) electrons. The van der Waals surface area contributed by atoms with Crippen molar-refractivity contribution in [3.05, 3.63) is 46.7 Å². The molecule has 0 spiro atoms. The van der Waals surface area contributed by atoms with Crippen LogP contribution in [0, 0.1) is 11.8 Å². The van der Waals surface area contributed by atoms with Crippen LogP contribution in [-0.2, 0) is 17.5 Å². The molecule has 1 N–H and O–H groups in total. The van der Waals surface area contributed by atoms with E-state index in [2.05, 4.69) is 10.4 Å². The maximum Gasteiger partial charge on any atom is 0.416 e. The van der Waals surface area contributed by atoms with Gasteiger partial charge in [-0.15, -0.1) is 0 Å². The van der Waals surface area contributed by atoms with Crippen LogP contribution in [0.2, 0.25) is 5.02 Å². The molecule has 2 fully saturated rings. The molecular formula is C23H29ClF3N5O2. The monoisotopic (exact) mass is 499 g/mol. The van der Waals surface area contributed by atoms with Crippen molar-refractivity contribution in [2.75, 3.05) is 32.1 Å². The number of anilines is 1. The van der Waals surface area contributed by atoms with E-state index < -0.39 is 11.7 Å². The highest BCUT2D eigenvalue weighted by Crippen LogP contribution is 2.38. The van der Waals surface area contributed by atoms with Crippen LogP contribution in [0.1, 0.15) is 37.3 Å². The lowest BCUT2D eigenvalue weighted by Gasteiger charge is -2.16. The van der Waals surface area contributed by atoms with E-state index in [-0.39, 0.29) is 11.9 Å². The normalized spacial score (nSPS) is 19.4. The van der Waals surface area contributed by atoms with Crippen LogP contribution in [0.4, 0.5) is 23.7 Å². The van der Waals surface area contributed by atoms with E-state index in [1.807, 2.05) is 4.90 Å². The van der Waals surface area contributed by atoms with Gasteiger partial charge in [0.1, 0.15) is 0 Å². The minimum atomic E-state index is -4.31. The molecule has 2 unspecified atom stereocenters. The molecule has 2 atom stereocenters. The van der Waals surface area contributed by atoms with Gasteiger partial charge in [0.2, 0.25) is 5.91 Å². The Morgan fingerprint density at radius 3 is 2.44 bits per heavy atom. The fourth-order valence-corrected chi connectivity index (χ4v) is 4.57. The zero-order valence-corrected chi connectivity index (χ0v) is 20.2. The molecule has 2 aliphatic rings. The number of fused-ring (bicyclic) bond motifs is 1. The second kappa shape index (κ2) is 10.8. The molecule has 0 bridgehead atoms. The molecule has 34 heavy (non-hydrogen) atoms. The number of likely N-dealkylation sites (tertiary alicyclic amines) is 1. The second-order valence-electron chi connectivity index (χ2n) is 8.69. The Morgan fingerprint density at radius 2 is 1.88 bits per heavy atom. The van der Waals surface area contributed by atoms with Crippen LogP contribution < -0.4 is 10.2 Å². The van der Waals surface area contributed by atoms with Crippen molar-refractivity contribution >= 4 is 29.2 Å². The Kier molecular flexibility index (Phi) is 8.25. The number of carbonyl (C=O) groups excluding carboxylic acids is 2. The smallest absolute Gasteiger partial charge is 0.322 e. The SMILES string of the molecule is CC(=O)N(C)c1cnn(C(=O)N2CC3CCCC3C2)c1.CNCc1cc(C(F)(F)F)ccc1Cl. The fourth-order valence-electron chi connectivity index (χ4n) is 4.39. The fraction of sp³-hybridized carbons (Fsp3) is 0.522. The Labute approximate surface area is 201 Å². The van der Waals surface area contributed by atoms with Crippen molar-refractivity contribution in [1.29, 1.82) is 0 Å². The predicted octanol–water partition coefficient (Wildman–Crippen LogP) is 4.64. The molecule has 2 aromatic rings. The van der Waals surface area contributed by atoms with Gasteiger partial charge in [-0.05, 0) is 55.5 Å². The van der Waals surface area contributed by atoms with Gasteiger partial charge in [0.25, 0.3) is 0 Å². The largest absolute Gasteiger partial charge is 0.416 e. The van der Waals surface area contributed by atoms with Gasteiger partial charge in [-0.1, -0.05) is 18.0 Å². The van der Waals surface area contributed by atoms with Gasteiger partial charge in [-0.25, -0.2) is 4.79 Å². The number of amides is 2. The summed E-state index contributed by atoms with van der Waals surface area (Å²) >= 11 is 5.72. The maximum absolute atomic E-state index is 12.4. The number of carbonyl (C=O) groups is 2. The summed E-state index contributed by atoms with van der Waals surface area (Å²) in [4.78, 5) is 27.1. The highest BCUT2D eigenvalue weighted by atomic mass is 35.5. The number of nitrogens with one attached hydrogen (secondary N) is 1. The molecule has 1 aromatic carbocycles. The van der Waals surface area contributed by atoms with E-state index >= 15 is 0 Å². The third-order valence-electron chi connectivity index (χ3n) is 6.36. The van der Waals surface area contributed by atoms with Crippen molar-refractivity contribution in [2.24, 2.45) is 11.8 Å². The van der Waals surface area contributed by atoms with Gasteiger partial charge in [0.15, 0.2) is 0 Å². The lowest BCUT2D eigenvalue weighted by atomic mass is 10.0. The van der Waals surface area contributed by atoms with Crippen molar-refractivity contribution in [1.82, 2.24) is 20.0 Å². The molecule has 1 aliphatic heterocycles. The first kappa shape index (κ1) is 26.0. The minimum absolute atomic E-state index is 0.0762. The van der Waals surface area contributed by atoms with Gasteiger partial charge in [-0.2, -0.15) is 23.0 Å². The summed E-state index contributed by atoms with van der Waals surface area (Å²) in [5, 5.41) is 7.18. The Bertz CT molecular complexity index is 1010. The van der Waals surface area contributed by atoms with Crippen LogP contribution in [0.5, 0.6) is 0 Å². The van der Waals surface area contributed by atoms with Crippen molar-refractivity contribution in [2.45, 2.75) is 38.9 Å². The van der Waals surface area contributed by atoms with E-state index in [4.69, 9.17) is 11.6 Å². The maximum atomic E-state index is 12.4. The lowest BCUT2D eigenvalue weighted by Crippen LogP contribution is -2.33. The van der Waals surface area contributed by atoms with Crippen molar-refractivity contribution < 1.29 is 22.8 Å². The predicted molar refractivity (Wildman–Crippen MR) is 124 cm³/mol. The molecule has 186 valence electrons. The van der Waals surface area contributed by atoms with E-state index in [1.165, 1.54) is 41.8 Å². The molecular weight excluding hydrogens is 471 g/mol. The topological polar surface area (TPSA) is 70.5 Å². The number of benzene rings is 1. The number of rotatable bonds is 3. The molecule has 1 aliphatic carbocycles. The van der Waals surface area contributed by atoms with E-state index in [1.54, 1.807) is 26.5 Å². The van der Waals surface area contributed by atoms with Crippen molar-refractivity contribution in [3.8, 4) is 0 Å². The van der Waals surface area contributed by atoms with Crippen LogP contribution in [0.15, 0.2) is 30.6 Å². The number of alkyl halides is 3. The molecule has 1 saturated carbocycles. The summed E-state index contributed by atoms with van der Waals surface area (Å²) < 4.78 is 38.2. The Balaban J connectivity index is 0.000000204. The molecule has 2 heterocycles. The van der Waals surface area contributed by atoms with Gasteiger partial charge in [-0.3, -0.25) is 4.79 Å². The van der Waals surface area contributed by atoms with Gasteiger partial charge >= 0.3 is 12.2 Å². The first-order chi connectivity index (χ1) is 16.0. The lowest BCUT2D eigenvalue weighted by molar-refractivity contribution is -0.137. The highest BCUT2D eigenvalue weighted by Gasteiger charge is 2.38. The first-order valence-corrected chi connectivity index (χ1v) is 11.5. The summed E-state index contributed by atoms with van der Waals surface area (Å²) in [6.45, 7) is 3.51. The number of hydrogen-bond acceptors (Lipinski definition) is 4. The van der Waals surface area contributed by atoms with Crippen LogP contribution >= 0.6 is 11.6 Å². The molecule has 1 saturated heterocycles. The van der Waals surface area contributed by atoms with Crippen LogP contribution in [0.25, 0.3) is 0 Å². The standard InChI is InChI=1S/C14H20N4O2.C9H9ClF3N/c1-10(19)16(2)13-6-15-18(9-13)14(20)17-7-11-4-3-5-12(11)8-17;1-14-5-6-4-7(9(11,12)13)2-3-8(6)10/h6,9,11-12H,3-5,7-8H2,1-2H3;2-4,14H,5H2,1H3. The number of hydrogen-bond donors (Lipinski definition) is 1. The molecule has 2 amide bonds. The van der Waals surface area contributed by atoms with Crippen LogP contribution in [-0.4, -0.2) is 53.8 Å². The zero-order chi connectivity index (χ0) is 25.0. The van der Waals surface area contributed by atoms with Crippen LogP contribution in [0.3, 0.4) is 0 Å². The highest BCUT2D eigenvalue weighted by molar-refractivity contribution is 6.31. The van der Waals surface area contributed by atoms with E-state index in [0.717, 1.165) is 25.2 Å². The summed E-state index contributed by atoms with van der Waals surface area (Å²) in [5.74, 6) is 1.27. The van der Waals surface area contributed by atoms with Gasteiger partial charge in [0, 0.05) is 38.6 Å². The molecule has 1 aromatic heterocycles. The zero-order valence-electron chi connectivity index (χ0n) is 19.4. The summed E-state index contributed by atoms with van der Waals surface area (Å²) in [6.07, 6.45) is 2.64. The molecule has 4 rings (SSSR count). The van der Waals surface area contributed by atoms with E-state index in [9.17, 15) is 22.8 Å². The van der Waals surface area contributed by atoms with Gasteiger partial charge in [0.05, 0.1) is 23.6 Å². The average molecular weight is 500 g/mol. The number of aromatic nitrogens is 2. The Hall–Kier alpha value is -2.59. The molecule has 7 nitrogen and oxygen atoms in total. The summed E-state index contributed by atoms with van der Waals surface area (Å²) in [6, 6.07) is 3.21. The minimum Gasteiger partial charge on any atom is -0.322 e. The third-order valence-corrected chi connectivity index (χ3v) is 6.73. The van der Waals surface area contributed by atoms with Crippen molar-refractivity contribution in [3.63, 3.8) is 0 Å². The quantitative estimate of drug-likeness (QED) is 0.667. The van der Waals surface area contributed by atoms with Gasteiger partial charge < -0.3 is 15.1 Å². The Morgan fingerprint density at radius 1 is 1.24 bits per heavy atom. The summed E-state index contributed by atoms with van der Waals surface area (Å²) in [7, 11) is 3.32. The van der Waals surface area contributed by atoms with E-state index in [0.29, 0.717) is 34.7 Å². The second-order valence-corrected chi connectivity index (χ2v) is 9.10. The number of halogens is 4. The molecule has 11 heteroatoms. The first-order valence-electron chi connectivity index (χ1n) is 11.1. The summed E-state index contributed by atoms with van der Waals surface area (Å²) in [5.41, 5.74) is 0.418. The average Bonchev–Trinajstić information content (AvgIpc) is 3.50. The third kappa shape index (κ3) is 6.09. The number of nitrogens with zero attached hydrogens (tertiary/aromatic N) is 4.